The monoisotopic (exact) mass is 362 g/mol. The standard InChI is InChI=1S/C10H24N2O6P2S/c11-10(19(13,14)15,20(16,17)18)6-8-3-4-12-7-9(8)2-1-5-21/h8-9,12,21H,1-7,11H2,(H2,13,14,15)(H2,16,17,18). The van der Waals surface area contributed by atoms with Crippen molar-refractivity contribution < 1.29 is 28.7 Å². The van der Waals surface area contributed by atoms with Crippen LogP contribution in [0.4, 0.5) is 0 Å². The van der Waals surface area contributed by atoms with Gasteiger partial charge in [0.1, 0.15) is 0 Å². The minimum absolute atomic E-state index is 0.0759. The highest BCUT2D eigenvalue weighted by atomic mass is 32.1. The molecule has 1 rings (SSSR count). The zero-order valence-corrected chi connectivity index (χ0v) is 14.3. The second-order valence-corrected chi connectivity index (χ2v) is 10.1. The smallest absolute Gasteiger partial charge is 0.323 e. The molecule has 0 aromatic carbocycles. The van der Waals surface area contributed by atoms with Gasteiger partial charge in [-0.05, 0) is 56.4 Å². The van der Waals surface area contributed by atoms with Crippen LogP contribution in [0.1, 0.15) is 25.7 Å². The Labute approximate surface area is 129 Å². The molecule has 0 amide bonds. The molecule has 0 radical (unpaired) electrons. The molecule has 1 aliphatic heterocycles. The summed E-state index contributed by atoms with van der Waals surface area (Å²) >= 11 is 4.13. The summed E-state index contributed by atoms with van der Waals surface area (Å²) in [6.45, 7) is 1.29. The van der Waals surface area contributed by atoms with E-state index in [1.165, 1.54) is 0 Å². The maximum absolute atomic E-state index is 11.5. The van der Waals surface area contributed by atoms with E-state index in [4.69, 9.17) is 5.73 Å². The molecule has 0 saturated carbocycles. The topological polar surface area (TPSA) is 153 Å². The summed E-state index contributed by atoms with van der Waals surface area (Å²) in [6.07, 6.45) is 1.80. The molecule has 1 heterocycles. The Morgan fingerprint density at radius 2 is 1.76 bits per heavy atom. The molecule has 0 aliphatic carbocycles. The quantitative estimate of drug-likeness (QED) is 0.252. The number of piperidine rings is 1. The molecular weight excluding hydrogens is 338 g/mol. The fourth-order valence-electron chi connectivity index (χ4n) is 2.73. The number of nitrogens with one attached hydrogen (secondary N) is 1. The highest BCUT2D eigenvalue weighted by Crippen LogP contribution is 2.68. The van der Waals surface area contributed by atoms with Crippen molar-refractivity contribution in [2.75, 3.05) is 18.8 Å². The molecule has 0 aromatic heterocycles. The third-order valence-electron chi connectivity index (χ3n) is 4.07. The Bertz CT molecular complexity index is 417. The van der Waals surface area contributed by atoms with Crippen LogP contribution in [-0.2, 0) is 9.13 Å². The van der Waals surface area contributed by atoms with Gasteiger partial charge in [-0.1, -0.05) is 0 Å². The van der Waals surface area contributed by atoms with Gasteiger partial charge in [0, 0.05) is 0 Å². The van der Waals surface area contributed by atoms with E-state index >= 15 is 0 Å². The Balaban J connectivity index is 2.96. The molecular formula is C10H24N2O6P2S. The lowest BCUT2D eigenvalue weighted by molar-refractivity contribution is 0.201. The van der Waals surface area contributed by atoms with Crippen molar-refractivity contribution in [3.63, 3.8) is 0 Å². The average molecular weight is 362 g/mol. The lowest BCUT2D eigenvalue weighted by atomic mass is 9.81. The van der Waals surface area contributed by atoms with Crippen molar-refractivity contribution in [2.45, 2.75) is 30.7 Å². The van der Waals surface area contributed by atoms with Gasteiger partial charge in [0.2, 0.25) is 5.02 Å². The van der Waals surface area contributed by atoms with Gasteiger partial charge in [0.05, 0.1) is 0 Å². The van der Waals surface area contributed by atoms with E-state index in [9.17, 15) is 28.7 Å². The molecule has 0 bridgehead atoms. The molecule has 11 heteroatoms. The molecule has 8 nitrogen and oxygen atoms in total. The molecule has 1 saturated heterocycles. The van der Waals surface area contributed by atoms with Crippen molar-refractivity contribution in [3.05, 3.63) is 0 Å². The number of thiol groups is 1. The summed E-state index contributed by atoms with van der Waals surface area (Å²) in [5.41, 5.74) is 5.51. The fraction of sp³-hybridized carbons (Fsp3) is 1.00. The number of hydrogen-bond donors (Lipinski definition) is 7. The molecule has 2 atom stereocenters. The fourth-order valence-corrected chi connectivity index (χ4v) is 5.22. The molecule has 0 aromatic rings. The van der Waals surface area contributed by atoms with Crippen molar-refractivity contribution in [1.29, 1.82) is 0 Å². The highest BCUT2D eigenvalue weighted by Gasteiger charge is 2.58. The molecule has 126 valence electrons. The summed E-state index contributed by atoms with van der Waals surface area (Å²) in [7, 11) is -10.3. The molecule has 1 fully saturated rings. The van der Waals surface area contributed by atoms with Crippen LogP contribution in [0, 0.1) is 11.8 Å². The second kappa shape index (κ2) is 7.43. The largest absolute Gasteiger partial charge is 0.357 e. The van der Waals surface area contributed by atoms with Crippen molar-refractivity contribution in [2.24, 2.45) is 17.6 Å². The summed E-state index contributed by atoms with van der Waals surface area (Å²) in [5.74, 6) is 0.525. The van der Waals surface area contributed by atoms with Crippen LogP contribution in [-0.4, -0.2) is 43.4 Å². The zero-order chi connectivity index (χ0) is 16.3. The molecule has 0 spiro atoms. The van der Waals surface area contributed by atoms with E-state index in [1.807, 2.05) is 0 Å². The first kappa shape index (κ1) is 19.6. The molecule has 1 aliphatic rings. The summed E-state index contributed by atoms with van der Waals surface area (Å²) in [5, 5.41) is 0.379. The van der Waals surface area contributed by atoms with Gasteiger partial charge in [-0.25, -0.2) is 0 Å². The van der Waals surface area contributed by atoms with E-state index in [-0.39, 0.29) is 18.3 Å². The first-order valence-electron chi connectivity index (χ1n) is 6.74. The SMILES string of the molecule is NC(CC1CCNCC1CCCS)(P(=O)(O)O)P(=O)(O)O. The van der Waals surface area contributed by atoms with E-state index < -0.39 is 20.2 Å². The maximum Gasteiger partial charge on any atom is 0.357 e. The zero-order valence-electron chi connectivity index (χ0n) is 11.6. The van der Waals surface area contributed by atoms with Gasteiger partial charge in [-0.15, -0.1) is 0 Å². The number of hydrogen-bond acceptors (Lipinski definition) is 5. The lowest BCUT2D eigenvalue weighted by Crippen LogP contribution is -2.46. The van der Waals surface area contributed by atoms with Crippen molar-refractivity contribution >= 4 is 27.8 Å². The molecule has 2 unspecified atom stereocenters. The van der Waals surface area contributed by atoms with Gasteiger partial charge in [-0.2, -0.15) is 12.6 Å². The minimum atomic E-state index is -5.15. The van der Waals surface area contributed by atoms with Crippen LogP contribution in [0.15, 0.2) is 0 Å². The predicted octanol–water partition coefficient (Wildman–Crippen LogP) is 0.280. The van der Waals surface area contributed by atoms with Gasteiger partial charge in [0.15, 0.2) is 0 Å². The van der Waals surface area contributed by atoms with E-state index in [2.05, 4.69) is 17.9 Å². The normalized spacial score (nSPS) is 25.0. The third-order valence-corrected chi connectivity index (χ3v) is 8.33. The van der Waals surface area contributed by atoms with Crippen LogP contribution >= 0.6 is 27.8 Å². The second-order valence-electron chi connectivity index (χ2n) is 5.55. The first-order valence-corrected chi connectivity index (χ1v) is 10.6. The molecule has 7 N–H and O–H groups in total. The van der Waals surface area contributed by atoms with Crippen LogP contribution in [0.2, 0.25) is 0 Å². The Morgan fingerprint density at radius 1 is 1.19 bits per heavy atom. The van der Waals surface area contributed by atoms with E-state index in [1.54, 1.807) is 0 Å². The highest BCUT2D eigenvalue weighted by molar-refractivity contribution is 7.80. The lowest BCUT2D eigenvalue weighted by Gasteiger charge is -2.39. The van der Waals surface area contributed by atoms with Crippen LogP contribution < -0.4 is 11.1 Å². The number of nitrogens with two attached hydrogens (primary N) is 1. The third kappa shape index (κ3) is 4.77. The predicted molar refractivity (Wildman–Crippen MR) is 83.2 cm³/mol. The van der Waals surface area contributed by atoms with E-state index in [0.717, 1.165) is 12.8 Å². The van der Waals surface area contributed by atoms with Crippen LogP contribution in [0.5, 0.6) is 0 Å². The van der Waals surface area contributed by atoms with Gasteiger partial charge in [0.25, 0.3) is 0 Å². The minimum Gasteiger partial charge on any atom is -0.323 e. The van der Waals surface area contributed by atoms with Crippen LogP contribution in [0.25, 0.3) is 0 Å². The Kier molecular flexibility index (Phi) is 6.94. The Morgan fingerprint density at radius 3 is 2.24 bits per heavy atom. The van der Waals surface area contributed by atoms with Gasteiger partial charge in [-0.3, -0.25) is 9.13 Å². The Hall–Kier alpha value is 0.570. The summed E-state index contributed by atoms with van der Waals surface area (Å²) < 4.78 is 23.1. The van der Waals surface area contributed by atoms with Gasteiger partial charge < -0.3 is 30.6 Å². The van der Waals surface area contributed by atoms with Crippen LogP contribution in [0.3, 0.4) is 0 Å². The first-order chi connectivity index (χ1) is 9.53. The summed E-state index contributed by atoms with van der Waals surface area (Å²) in [4.78, 5) is 37.3. The average Bonchev–Trinajstić information content (AvgIpc) is 2.35. The van der Waals surface area contributed by atoms with Gasteiger partial charge >= 0.3 is 15.2 Å². The number of rotatable bonds is 7. The van der Waals surface area contributed by atoms with E-state index in [0.29, 0.717) is 25.3 Å². The molecule has 21 heavy (non-hydrogen) atoms. The summed E-state index contributed by atoms with van der Waals surface area (Å²) in [6, 6.07) is 0. The van der Waals surface area contributed by atoms with Crippen molar-refractivity contribution in [3.8, 4) is 0 Å². The maximum atomic E-state index is 11.5. The van der Waals surface area contributed by atoms with Crippen molar-refractivity contribution in [1.82, 2.24) is 5.32 Å².